The third-order valence-corrected chi connectivity index (χ3v) is 3.86. The lowest BCUT2D eigenvalue weighted by atomic mass is 10.2. The summed E-state index contributed by atoms with van der Waals surface area (Å²) in [7, 11) is 1.44. The van der Waals surface area contributed by atoms with Gasteiger partial charge in [-0.2, -0.15) is 0 Å². The van der Waals surface area contributed by atoms with Crippen LogP contribution in [0.4, 0.5) is 11.5 Å². The number of rotatable bonds is 5. The second-order valence-corrected chi connectivity index (χ2v) is 5.69. The maximum absolute atomic E-state index is 12.7. The lowest BCUT2D eigenvalue weighted by Gasteiger charge is -2.20. The van der Waals surface area contributed by atoms with Gasteiger partial charge in [-0.25, -0.2) is 4.79 Å². The third kappa shape index (κ3) is 3.12. The van der Waals surface area contributed by atoms with Gasteiger partial charge in [-0.05, 0) is 26.3 Å². The number of aryl methyl sites for hydroxylation is 2. The molecule has 0 fully saturated rings. The Morgan fingerprint density at radius 1 is 1.38 bits per heavy atom. The fourth-order valence-corrected chi connectivity index (χ4v) is 2.57. The number of aromatic nitrogens is 2. The molecule has 0 radical (unpaired) electrons. The van der Waals surface area contributed by atoms with E-state index in [9.17, 15) is 14.4 Å². The van der Waals surface area contributed by atoms with Crippen LogP contribution in [0.5, 0.6) is 0 Å². The van der Waals surface area contributed by atoms with Crippen LogP contribution in [0.2, 0.25) is 0 Å². The van der Waals surface area contributed by atoms with Gasteiger partial charge in [-0.3, -0.25) is 19.1 Å². The summed E-state index contributed by atoms with van der Waals surface area (Å²) in [4.78, 5) is 40.2. The molecule has 3 N–H and O–H groups in total. The Kier molecular flexibility index (Phi) is 4.96. The number of nitrogens with two attached hydrogens (primary N) is 1. The van der Waals surface area contributed by atoms with Crippen LogP contribution in [0, 0.1) is 13.8 Å². The molecule has 0 aromatic carbocycles. The van der Waals surface area contributed by atoms with Crippen molar-refractivity contribution in [1.29, 1.82) is 0 Å². The molecule has 0 unspecified atom stereocenters. The number of anilines is 2. The highest BCUT2D eigenvalue weighted by Gasteiger charge is 2.24. The zero-order valence-electron chi connectivity index (χ0n) is 14.3. The minimum absolute atomic E-state index is 0.0223. The van der Waals surface area contributed by atoms with E-state index >= 15 is 0 Å². The number of hydrogen-bond donors (Lipinski definition) is 2. The Labute approximate surface area is 138 Å². The lowest BCUT2D eigenvalue weighted by molar-refractivity contribution is 0.0991. The Bertz CT molecular complexity index is 875. The molecule has 0 saturated heterocycles. The molecule has 0 saturated carbocycles. The number of furan rings is 1. The van der Waals surface area contributed by atoms with Crippen LogP contribution in [0.3, 0.4) is 0 Å². The van der Waals surface area contributed by atoms with Crippen LogP contribution in [-0.4, -0.2) is 22.5 Å². The van der Waals surface area contributed by atoms with Crippen molar-refractivity contribution in [2.24, 2.45) is 0 Å². The fourth-order valence-electron chi connectivity index (χ4n) is 2.57. The number of hydrogen-bond acceptors (Lipinski definition) is 5. The van der Waals surface area contributed by atoms with Gasteiger partial charge in [0.15, 0.2) is 5.69 Å². The van der Waals surface area contributed by atoms with Gasteiger partial charge in [0.05, 0.1) is 5.56 Å². The second-order valence-electron chi connectivity index (χ2n) is 5.69. The summed E-state index contributed by atoms with van der Waals surface area (Å²) in [6.45, 7) is 5.75. The van der Waals surface area contributed by atoms with Gasteiger partial charge in [0.2, 0.25) is 0 Å². The largest absolute Gasteiger partial charge is 0.466 e. The van der Waals surface area contributed by atoms with Crippen LogP contribution < -0.4 is 21.9 Å². The molecule has 2 rings (SSSR count). The minimum Gasteiger partial charge on any atom is -0.466 e. The number of aromatic amines is 1. The molecular weight excluding hydrogens is 312 g/mol. The van der Waals surface area contributed by atoms with Crippen molar-refractivity contribution >= 4 is 17.4 Å². The average molecular weight is 334 g/mol. The van der Waals surface area contributed by atoms with E-state index in [1.165, 1.54) is 11.6 Å². The van der Waals surface area contributed by atoms with Gasteiger partial charge in [0.1, 0.15) is 17.3 Å². The number of unbranched alkanes of at least 4 members (excludes halogenated alkanes) is 1. The molecule has 2 aromatic rings. The number of H-pyrrole nitrogens is 1. The second kappa shape index (κ2) is 6.77. The highest BCUT2D eigenvalue weighted by Crippen LogP contribution is 2.21. The maximum Gasteiger partial charge on any atom is 0.330 e. The molecule has 24 heavy (non-hydrogen) atoms. The number of carbonyl (C=O) groups excluding carboxylic acids is 1. The van der Waals surface area contributed by atoms with Crippen LogP contribution in [0.1, 0.15) is 41.6 Å². The highest BCUT2D eigenvalue weighted by atomic mass is 16.3. The molecule has 0 atom stereocenters. The van der Waals surface area contributed by atoms with Gasteiger partial charge >= 0.3 is 5.69 Å². The fraction of sp³-hybridized carbons (Fsp3) is 0.438. The zero-order valence-corrected chi connectivity index (χ0v) is 14.3. The lowest BCUT2D eigenvalue weighted by Crippen LogP contribution is -2.39. The van der Waals surface area contributed by atoms with E-state index in [4.69, 9.17) is 10.2 Å². The Balaban J connectivity index is 2.51. The first-order valence-corrected chi connectivity index (χ1v) is 7.75. The van der Waals surface area contributed by atoms with E-state index in [1.54, 1.807) is 19.9 Å². The quantitative estimate of drug-likeness (QED) is 0.858. The Morgan fingerprint density at radius 2 is 2.04 bits per heavy atom. The first-order chi connectivity index (χ1) is 11.3. The van der Waals surface area contributed by atoms with Crippen molar-refractivity contribution in [3.63, 3.8) is 0 Å². The predicted octanol–water partition coefficient (Wildman–Crippen LogP) is 1.41. The van der Waals surface area contributed by atoms with E-state index < -0.39 is 17.2 Å². The maximum atomic E-state index is 12.7. The summed E-state index contributed by atoms with van der Waals surface area (Å²) in [5.41, 5.74) is 5.04. The Morgan fingerprint density at radius 3 is 2.58 bits per heavy atom. The van der Waals surface area contributed by atoms with Gasteiger partial charge in [-0.15, -0.1) is 0 Å². The summed E-state index contributed by atoms with van der Waals surface area (Å²) >= 11 is 0. The summed E-state index contributed by atoms with van der Waals surface area (Å²) in [5, 5.41) is 0. The number of nitrogen functional groups attached to an aromatic ring is 1. The summed E-state index contributed by atoms with van der Waals surface area (Å²) in [5.74, 6) is 0.603. The molecule has 0 bridgehead atoms. The van der Waals surface area contributed by atoms with Crippen molar-refractivity contribution in [1.82, 2.24) is 9.55 Å². The van der Waals surface area contributed by atoms with E-state index in [0.29, 0.717) is 23.6 Å². The van der Waals surface area contributed by atoms with Crippen molar-refractivity contribution in [3.05, 3.63) is 44.0 Å². The van der Waals surface area contributed by atoms with Crippen molar-refractivity contribution < 1.29 is 9.21 Å². The first kappa shape index (κ1) is 17.6. The minimum atomic E-state index is -0.695. The molecule has 0 aliphatic heterocycles. The van der Waals surface area contributed by atoms with Crippen molar-refractivity contribution in [2.45, 2.75) is 40.2 Å². The standard InChI is InChI=1S/C16H22N4O4/c1-5-6-7-20-13(17)12(14(21)18-16(20)23)19(4)15(22)11-8-9(2)24-10(11)3/h8H,5-7,17H2,1-4H3,(H,18,21,23). The smallest absolute Gasteiger partial charge is 0.330 e. The van der Waals surface area contributed by atoms with Gasteiger partial charge in [-0.1, -0.05) is 13.3 Å². The number of nitrogens with one attached hydrogen (secondary N) is 1. The number of nitrogens with zero attached hydrogens (tertiary/aromatic N) is 2. The Hall–Kier alpha value is -2.77. The van der Waals surface area contributed by atoms with Crippen molar-refractivity contribution in [2.75, 3.05) is 17.7 Å². The van der Waals surface area contributed by atoms with Gasteiger partial charge in [0.25, 0.3) is 11.5 Å². The van der Waals surface area contributed by atoms with Crippen molar-refractivity contribution in [3.8, 4) is 0 Å². The first-order valence-electron chi connectivity index (χ1n) is 7.75. The molecule has 2 heterocycles. The molecule has 0 aliphatic carbocycles. The van der Waals surface area contributed by atoms with Crippen LogP contribution >= 0.6 is 0 Å². The average Bonchev–Trinajstić information content (AvgIpc) is 2.84. The van der Waals surface area contributed by atoms with Gasteiger partial charge in [0, 0.05) is 13.6 Å². The highest BCUT2D eigenvalue weighted by molar-refractivity contribution is 6.07. The monoisotopic (exact) mass is 334 g/mol. The zero-order chi connectivity index (χ0) is 18.0. The molecule has 1 amide bonds. The van der Waals surface area contributed by atoms with Crippen LogP contribution in [0.25, 0.3) is 0 Å². The van der Waals surface area contributed by atoms with E-state index in [1.807, 2.05) is 6.92 Å². The molecule has 0 aliphatic rings. The molecule has 8 heteroatoms. The SMILES string of the molecule is CCCCn1c(N)c(N(C)C(=O)c2cc(C)oc2C)c(=O)[nH]c1=O. The number of amides is 1. The predicted molar refractivity (Wildman–Crippen MR) is 91.6 cm³/mol. The molecule has 8 nitrogen and oxygen atoms in total. The van der Waals surface area contributed by atoms with Crippen LogP contribution in [-0.2, 0) is 6.54 Å². The summed E-state index contributed by atoms with van der Waals surface area (Å²) in [6.07, 6.45) is 1.59. The molecule has 2 aromatic heterocycles. The molecular formula is C16H22N4O4. The number of carbonyl (C=O) groups is 1. The normalized spacial score (nSPS) is 10.8. The summed E-state index contributed by atoms with van der Waals surface area (Å²) in [6, 6.07) is 1.60. The molecule has 130 valence electrons. The van der Waals surface area contributed by atoms with E-state index in [2.05, 4.69) is 4.98 Å². The topological polar surface area (TPSA) is 114 Å². The van der Waals surface area contributed by atoms with E-state index in [-0.39, 0.29) is 11.5 Å². The molecule has 0 spiro atoms. The van der Waals surface area contributed by atoms with E-state index in [0.717, 1.165) is 17.7 Å². The third-order valence-electron chi connectivity index (χ3n) is 3.86. The van der Waals surface area contributed by atoms with Crippen LogP contribution in [0.15, 0.2) is 20.1 Å². The summed E-state index contributed by atoms with van der Waals surface area (Å²) < 4.78 is 6.63. The van der Waals surface area contributed by atoms with Gasteiger partial charge < -0.3 is 15.1 Å².